The summed E-state index contributed by atoms with van der Waals surface area (Å²) in [6.07, 6.45) is 3.74. The van der Waals surface area contributed by atoms with E-state index in [0.717, 1.165) is 12.1 Å². The summed E-state index contributed by atoms with van der Waals surface area (Å²) in [5.41, 5.74) is 8.73. The van der Waals surface area contributed by atoms with Crippen LogP contribution in [0.3, 0.4) is 0 Å². The van der Waals surface area contributed by atoms with Gasteiger partial charge >= 0.3 is 6.18 Å². The molecule has 3 N–H and O–H groups in total. The summed E-state index contributed by atoms with van der Waals surface area (Å²) in [5, 5.41) is 1.63. The quantitative estimate of drug-likeness (QED) is 0.527. The van der Waals surface area contributed by atoms with Crippen LogP contribution < -0.4 is 11.2 Å². The third-order valence-electron chi connectivity index (χ3n) is 5.16. The van der Waals surface area contributed by atoms with Gasteiger partial charge in [-0.15, -0.1) is 0 Å². The monoisotopic (exact) mass is 434 g/mol. The lowest BCUT2D eigenvalue weighted by Gasteiger charge is -2.34. The summed E-state index contributed by atoms with van der Waals surface area (Å²) in [5.74, 6) is 0.590. The number of aliphatic imine (C=N–C) groups is 1. The zero-order chi connectivity index (χ0) is 22.6. The Morgan fingerprint density at radius 1 is 1.23 bits per heavy atom. The first-order chi connectivity index (χ1) is 14.6. The Morgan fingerprint density at radius 3 is 2.45 bits per heavy atom. The van der Waals surface area contributed by atoms with Gasteiger partial charge in [-0.2, -0.15) is 13.2 Å². The molecule has 1 aliphatic heterocycles. The molecule has 1 aromatic carbocycles. The zero-order valence-corrected chi connectivity index (χ0v) is 17.2. The van der Waals surface area contributed by atoms with E-state index in [1.165, 1.54) is 12.1 Å². The molecule has 1 aliphatic carbocycles. The number of alkyl halides is 3. The van der Waals surface area contributed by atoms with Gasteiger partial charge in [0.05, 0.1) is 16.9 Å². The highest BCUT2D eigenvalue weighted by Crippen LogP contribution is 2.31. The van der Waals surface area contributed by atoms with Gasteiger partial charge in [-0.25, -0.2) is 10.0 Å². The fraction of sp³-hybridized carbons (Fsp3) is 0.364. The number of allylic oxidation sites excluding steroid dienone is 3. The number of hydrogen-bond donors (Lipinski definition) is 2. The number of rotatable bonds is 5. The maximum absolute atomic E-state index is 12.7. The molecule has 0 aromatic heterocycles. The predicted octanol–water partition coefficient (Wildman–Crippen LogP) is 4.55. The van der Waals surface area contributed by atoms with E-state index < -0.39 is 11.7 Å². The SMILES string of the molecule is C=C1C=CC=C(OC2CCC(C(N)=O)CC2)N1NC(C)=Nc1ccc(C(F)(F)F)cc1. The number of nitrogens with zero attached hydrogens (tertiary/aromatic N) is 2. The number of primary amides is 1. The second-order valence-corrected chi connectivity index (χ2v) is 7.54. The number of hydrazine groups is 1. The number of amides is 1. The van der Waals surface area contributed by atoms with Crippen LogP contribution in [0.5, 0.6) is 0 Å². The molecular weight excluding hydrogens is 409 g/mol. The normalized spacial score (nSPS) is 22.2. The van der Waals surface area contributed by atoms with E-state index in [0.29, 0.717) is 48.8 Å². The molecule has 0 unspecified atom stereocenters. The minimum Gasteiger partial charge on any atom is -0.474 e. The molecule has 1 aromatic rings. The molecule has 9 heteroatoms. The molecule has 1 fully saturated rings. The first-order valence-electron chi connectivity index (χ1n) is 9.96. The Labute approximate surface area is 178 Å². The van der Waals surface area contributed by atoms with E-state index in [9.17, 15) is 18.0 Å². The predicted molar refractivity (Wildman–Crippen MR) is 112 cm³/mol. The maximum atomic E-state index is 12.7. The van der Waals surface area contributed by atoms with Crippen molar-refractivity contribution in [2.75, 3.05) is 0 Å². The van der Waals surface area contributed by atoms with Crippen LogP contribution in [0, 0.1) is 5.92 Å². The standard InChI is InChI=1S/C22H25F3N4O2/c1-14-4-3-5-20(31-19-12-6-16(7-13-19)21(26)30)29(14)28-15(2)27-18-10-8-17(9-11-18)22(23,24)25/h3-5,8-11,16,19H,1,6-7,12-13H2,2H3,(H2,26,30)(H,27,28). The highest BCUT2D eigenvalue weighted by atomic mass is 19.4. The second kappa shape index (κ2) is 9.28. The van der Waals surface area contributed by atoms with Crippen molar-refractivity contribution in [2.45, 2.75) is 44.9 Å². The molecule has 0 saturated heterocycles. The minimum atomic E-state index is -4.39. The van der Waals surface area contributed by atoms with E-state index in [2.05, 4.69) is 17.0 Å². The van der Waals surface area contributed by atoms with Gasteiger partial charge in [0, 0.05) is 12.0 Å². The molecule has 0 atom stereocenters. The van der Waals surface area contributed by atoms with E-state index >= 15 is 0 Å². The van der Waals surface area contributed by atoms with Gasteiger partial charge in [0.2, 0.25) is 11.8 Å². The van der Waals surface area contributed by atoms with Crippen molar-refractivity contribution in [3.8, 4) is 0 Å². The number of carbonyl (C=O) groups is 1. The third kappa shape index (κ3) is 5.90. The van der Waals surface area contributed by atoms with Gasteiger partial charge in [0.15, 0.2) is 0 Å². The molecule has 0 spiro atoms. The summed E-state index contributed by atoms with van der Waals surface area (Å²) in [6, 6.07) is 4.60. The van der Waals surface area contributed by atoms with Gasteiger partial charge in [0.1, 0.15) is 11.9 Å². The van der Waals surface area contributed by atoms with Crippen molar-refractivity contribution in [2.24, 2.45) is 16.6 Å². The number of nitrogens with two attached hydrogens (primary N) is 1. The molecule has 1 amide bonds. The van der Waals surface area contributed by atoms with Crippen molar-refractivity contribution >= 4 is 17.4 Å². The zero-order valence-electron chi connectivity index (χ0n) is 17.2. The number of benzene rings is 1. The van der Waals surface area contributed by atoms with Gasteiger partial charge in [-0.3, -0.25) is 10.2 Å². The molecule has 3 rings (SSSR count). The summed E-state index contributed by atoms with van der Waals surface area (Å²) >= 11 is 0. The average molecular weight is 434 g/mol. The third-order valence-corrected chi connectivity index (χ3v) is 5.16. The highest BCUT2D eigenvalue weighted by Gasteiger charge is 2.30. The van der Waals surface area contributed by atoms with Crippen LogP contribution >= 0.6 is 0 Å². The van der Waals surface area contributed by atoms with E-state index in [1.54, 1.807) is 24.1 Å². The Hall–Kier alpha value is -3.23. The van der Waals surface area contributed by atoms with Crippen LogP contribution in [0.15, 0.2) is 65.6 Å². The fourth-order valence-corrected chi connectivity index (χ4v) is 3.49. The number of halogens is 3. The summed E-state index contributed by atoms with van der Waals surface area (Å²) in [4.78, 5) is 15.7. The highest BCUT2D eigenvalue weighted by molar-refractivity contribution is 5.82. The molecule has 6 nitrogen and oxygen atoms in total. The Balaban J connectivity index is 1.65. The molecule has 0 radical (unpaired) electrons. The molecule has 1 heterocycles. The van der Waals surface area contributed by atoms with Crippen LogP contribution in [0.2, 0.25) is 0 Å². The molecule has 0 bridgehead atoms. The van der Waals surface area contributed by atoms with Crippen molar-refractivity contribution in [3.05, 3.63) is 66.2 Å². The van der Waals surface area contributed by atoms with E-state index in [4.69, 9.17) is 10.5 Å². The Bertz CT molecular complexity index is 912. The van der Waals surface area contributed by atoms with E-state index in [1.807, 2.05) is 6.08 Å². The van der Waals surface area contributed by atoms with Crippen molar-refractivity contribution in [3.63, 3.8) is 0 Å². The Morgan fingerprint density at radius 2 is 1.87 bits per heavy atom. The Kier molecular flexibility index (Phi) is 6.72. The minimum absolute atomic E-state index is 0.0578. The fourth-order valence-electron chi connectivity index (χ4n) is 3.49. The number of amidine groups is 1. The largest absolute Gasteiger partial charge is 0.474 e. The summed E-state index contributed by atoms with van der Waals surface area (Å²) < 4.78 is 44.3. The molecular formula is C22H25F3N4O2. The number of carbonyl (C=O) groups excluding carboxylic acids is 1. The van der Waals surface area contributed by atoms with E-state index in [-0.39, 0.29) is 17.9 Å². The molecule has 1 saturated carbocycles. The maximum Gasteiger partial charge on any atom is 0.416 e. The lowest BCUT2D eigenvalue weighted by atomic mass is 9.87. The van der Waals surface area contributed by atoms with Gasteiger partial charge in [-0.1, -0.05) is 12.7 Å². The number of ether oxygens (including phenoxy) is 1. The topological polar surface area (TPSA) is 80.0 Å². The number of hydrogen-bond acceptors (Lipinski definition) is 4. The lowest BCUT2D eigenvalue weighted by molar-refractivity contribution is -0.137. The smallest absolute Gasteiger partial charge is 0.416 e. The molecule has 31 heavy (non-hydrogen) atoms. The van der Waals surface area contributed by atoms with Crippen LogP contribution in [-0.2, 0) is 15.7 Å². The van der Waals surface area contributed by atoms with Crippen molar-refractivity contribution in [1.82, 2.24) is 10.4 Å². The van der Waals surface area contributed by atoms with Gasteiger partial charge in [-0.05, 0) is 62.9 Å². The second-order valence-electron chi connectivity index (χ2n) is 7.54. The van der Waals surface area contributed by atoms with Crippen LogP contribution in [-0.4, -0.2) is 22.9 Å². The first-order valence-corrected chi connectivity index (χ1v) is 9.96. The van der Waals surface area contributed by atoms with Crippen molar-refractivity contribution in [1.29, 1.82) is 0 Å². The van der Waals surface area contributed by atoms with Gasteiger partial charge < -0.3 is 10.5 Å². The summed E-state index contributed by atoms with van der Waals surface area (Å²) in [7, 11) is 0. The first kappa shape index (κ1) is 22.5. The average Bonchev–Trinajstić information content (AvgIpc) is 2.71. The molecule has 166 valence electrons. The summed E-state index contributed by atoms with van der Waals surface area (Å²) in [6.45, 7) is 5.68. The molecule has 2 aliphatic rings. The van der Waals surface area contributed by atoms with Crippen LogP contribution in [0.1, 0.15) is 38.2 Å². The van der Waals surface area contributed by atoms with Gasteiger partial charge in [0.25, 0.3) is 0 Å². The van der Waals surface area contributed by atoms with Crippen LogP contribution in [0.25, 0.3) is 0 Å². The number of nitrogens with one attached hydrogen (secondary N) is 1. The van der Waals surface area contributed by atoms with Crippen molar-refractivity contribution < 1.29 is 22.7 Å². The lowest BCUT2D eigenvalue weighted by Crippen LogP contribution is -2.42. The van der Waals surface area contributed by atoms with Crippen LogP contribution in [0.4, 0.5) is 18.9 Å².